The number of aliphatic hydroxyl groups excluding tert-OH is 1. The van der Waals surface area contributed by atoms with Gasteiger partial charge < -0.3 is 24.6 Å². The predicted octanol–water partition coefficient (Wildman–Crippen LogP) is 5.62. The summed E-state index contributed by atoms with van der Waals surface area (Å²) in [7, 11) is 2.02. The molecule has 1 aromatic carbocycles. The molecule has 0 unspecified atom stereocenters. The van der Waals surface area contributed by atoms with Crippen LogP contribution in [0.25, 0.3) is 11.3 Å². The first-order valence-electron chi connectivity index (χ1n) is 13.1. The zero-order chi connectivity index (χ0) is 25.3. The van der Waals surface area contributed by atoms with Crippen molar-refractivity contribution >= 4 is 11.6 Å². The molecule has 2 heterocycles. The molecule has 4 rings (SSSR count). The van der Waals surface area contributed by atoms with Gasteiger partial charge in [-0.15, -0.1) is 0 Å². The minimum atomic E-state index is 0.194. The molecule has 1 aliphatic carbocycles. The summed E-state index contributed by atoms with van der Waals surface area (Å²) in [5, 5.41) is 16.8. The fraction of sp³-hybridized carbons (Fsp3) is 0.536. The number of hydrogen-bond acceptors (Lipinski definition) is 8. The van der Waals surface area contributed by atoms with Crippen LogP contribution in [0.2, 0.25) is 0 Å². The van der Waals surface area contributed by atoms with Gasteiger partial charge in [0.15, 0.2) is 0 Å². The van der Waals surface area contributed by atoms with Crippen LogP contribution < -0.4 is 10.1 Å². The Labute approximate surface area is 214 Å². The third kappa shape index (κ3) is 6.83. The number of aliphatic hydroxyl groups is 1. The Hall–Kier alpha value is -2.97. The molecule has 8 heteroatoms. The number of rotatable bonds is 12. The standard InChI is InChI=1S/C28H39N5O3/c1-20-19-29-28(31-26(20)25-21(2)36-32-27(25)22-10-5-4-6-11-22)30-23-12-9-13-24(18-23)35-17-8-7-14-33(3)15-16-34/h9,12-13,18-19,22,34H,4-8,10-11,14-17H2,1-3H3,(H,29,30,31). The summed E-state index contributed by atoms with van der Waals surface area (Å²) >= 11 is 0. The average molecular weight is 494 g/mol. The molecule has 0 radical (unpaired) electrons. The van der Waals surface area contributed by atoms with Gasteiger partial charge in [0.25, 0.3) is 0 Å². The summed E-state index contributed by atoms with van der Waals surface area (Å²) in [6.07, 6.45) is 9.93. The van der Waals surface area contributed by atoms with Crippen LogP contribution in [-0.4, -0.2) is 58.5 Å². The van der Waals surface area contributed by atoms with Crippen molar-refractivity contribution in [2.45, 2.75) is 64.7 Å². The summed E-state index contributed by atoms with van der Waals surface area (Å²) < 4.78 is 11.6. The van der Waals surface area contributed by atoms with Crippen LogP contribution in [0.15, 0.2) is 35.0 Å². The van der Waals surface area contributed by atoms with Gasteiger partial charge >= 0.3 is 0 Å². The average Bonchev–Trinajstić information content (AvgIpc) is 3.27. The second-order valence-corrected chi connectivity index (χ2v) is 9.79. The lowest BCUT2D eigenvalue weighted by Gasteiger charge is -2.20. The Bertz CT molecular complexity index is 1110. The smallest absolute Gasteiger partial charge is 0.227 e. The summed E-state index contributed by atoms with van der Waals surface area (Å²) in [5.41, 5.74) is 4.82. The number of nitrogens with zero attached hydrogens (tertiary/aromatic N) is 4. The summed E-state index contributed by atoms with van der Waals surface area (Å²) in [6.45, 7) is 6.50. The lowest BCUT2D eigenvalue weighted by atomic mass is 9.84. The maximum atomic E-state index is 8.99. The van der Waals surface area contributed by atoms with Crippen molar-refractivity contribution in [1.29, 1.82) is 0 Å². The lowest BCUT2D eigenvalue weighted by Crippen LogP contribution is -2.23. The number of unbranched alkanes of at least 4 members (excludes halogenated alkanes) is 1. The number of aryl methyl sites for hydroxylation is 2. The van der Waals surface area contributed by atoms with Gasteiger partial charge in [0, 0.05) is 30.4 Å². The van der Waals surface area contributed by atoms with E-state index in [0.717, 1.165) is 71.9 Å². The van der Waals surface area contributed by atoms with E-state index in [2.05, 4.69) is 20.4 Å². The highest BCUT2D eigenvalue weighted by molar-refractivity contribution is 5.69. The van der Waals surface area contributed by atoms with E-state index >= 15 is 0 Å². The second-order valence-electron chi connectivity index (χ2n) is 9.79. The largest absolute Gasteiger partial charge is 0.494 e. The first kappa shape index (κ1) is 26.1. The van der Waals surface area contributed by atoms with E-state index in [4.69, 9.17) is 19.4 Å². The van der Waals surface area contributed by atoms with Crippen molar-refractivity contribution in [2.75, 3.05) is 38.7 Å². The quantitative estimate of drug-likeness (QED) is 0.314. The van der Waals surface area contributed by atoms with Gasteiger partial charge in [-0.25, -0.2) is 9.97 Å². The molecule has 0 spiro atoms. The van der Waals surface area contributed by atoms with Gasteiger partial charge in [-0.3, -0.25) is 0 Å². The molecule has 1 aliphatic rings. The van der Waals surface area contributed by atoms with Gasteiger partial charge in [0.2, 0.25) is 5.95 Å². The van der Waals surface area contributed by atoms with E-state index in [1.165, 1.54) is 19.3 Å². The first-order valence-corrected chi connectivity index (χ1v) is 13.1. The number of anilines is 2. The Morgan fingerprint density at radius 1 is 1.14 bits per heavy atom. The highest BCUT2D eigenvalue weighted by Crippen LogP contribution is 2.39. The van der Waals surface area contributed by atoms with Gasteiger partial charge in [-0.2, -0.15) is 0 Å². The fourth-order valence-corrected chi connectivity index (χ4v) is 4.84. The van der Waals surface area contributed by atoms with E-state index in [-0.39, 0.29) is 6.61 Å². The zero-order valence-electron chi connectivity index (χ0n) is 21.8. The van der Waals surface area contributed by atoms with E-state index in [0.29, 0.717) is 25.0 Å². The van der Waals surface area contributed by atoms with Crippen LogP contribution >= 0.6 is 0 Å². The Morgan fingerprint density at radius 3 is 2.78 bits per heavy atom. The van der Waals surface area contributed by atoms with Gasteiger partial charge in [0.1, 0.15) is 11.5 Å². The summed E-state index contributed by atoms with van der Waals surface area (Å²) in [4.78, 5) is 11.5. The molecule has 0 saturated heterocycles. The molecule has 8 nitrogen and oxygen atoms in total. The molecule has 3 aromatic rings. The molecule has 2 aromatic heterocycles. The molecule has 36 heavy (non-hydrogen) atoms. The molecule has 0 bridgehead atoms. The molecule has 194 valence electrons. The topological polar surface area (TPSA) is 96.5 Å². The Morgan fingerprint density at radius 2 is 1.97 bits per heavy atom. The summed E-state index contributed by atoms with van der Waals surface area (Å²) in [6, 6.07) is 7.88. The molecule has 0 atom stereocenters. The van der Waals surface area contributed by atoms with E-state index in [1.807, 2.05) is 51.4 Å². The van der Waals surface area contributed by atoms with Crippen LogP contribution in [0.4, 0.5) is 11.6 Å². The maximum Gasteiger partial charge on any atom is 0.227 e. The normalized spacial score (nSPS) is 14.4. The van der Waals surface area contributed by atoms with Crippen LogP contribution in [0.1, 0.15) is 67.9 Å². The third-order valence-corrected chi connectivity index (χ3v) is 6.86. The highest BCUT2D eigenvalue weighted by Gasteiger charge is 2.26. The number of hydrogen-bond donors (Lipinski definition) is 2. The van der Waals surface area contributed by atoms with E-state index in [9.17, 15) is 0 Å². The van der Waals surface area contributed by atoms with E-state index in [1.54, 1.807) is 0 Å². The number of nitrogens with one attached hydrogen (secondary N) is 1. The fourth-order valence-electron chi connectivity index (χ4n) is 4.84. The van der Waals surface area contributed by atoms with Crippen LogP contribution in [0.3, 0.4) is 0 Å². The SMILES string of the molecule is Cc1cnc(Nc2cccc(OCCCCN(C)CCO)c2)nc1-c1c(C2CCCCC2)noc1C. The van der Waals surface area contributed by atoms with Gasteiger partial charge in [-0.1, -0.05) is 30.5 Å². The van der Waals surface area contributed by atoms with Gasteiger partial charge in [-0.05, 0) is 70.8 Å². The minimum absolute atomic E-state index is 0.194. The summed E-state index contributed by atoms with van der Waals surface area (Å²) in [5.74, 6) is 2.59. The van der Waals surface area contributed by atoms with Crippen molar-refractivity contribution in [2.24, 2.45) is 0 Å². The second kappa shape index (κ2) is 12.8. The molecular weight excluding hydrogens is 454 g/mol. The van der Waals surface area contributed by atoms with Gasteiger partial charge in [0.05, 0.1) is 30.2 Å². The molecule has 2 N–H and O–H groups in total. The predicted molar refractivity (Wildman–Crippen MR) is 142 cm³/mol. The molecule has 1 fully saturated rings. The van der Waals surface area contributed by atoms with E-state index < -0.39 is 0 Å². The maximum absolute atomic E-state index is 8.99. The Balaban J connectivity index is 1.42. The molecule has 0 amide bonds. The van der Waals surface area contributed by atoms with Crippen LogP contribution in [0, 0.1) is 13.8 Å². The number of likely N-dealkylation sites (N-methyl/N-ethyl adjacent to an activating group) is 1. The molecule has 1 saturated carbocycles. The van der Waals surface area contributed by atoms with Crippen LogP contribution in [0.5, 0.6) is 5.75 Å². The molecular formula is C28H39N5O3. The monoisotopic (exact) mass is 493 g/mol. The zero-order valence-corrected chi connectivity index (χ0v) is 21.8. The lowest BCUT2D eigenvalue weighted by molar-refractivity contribution is 0.215. The van der Waals surface area contributed by atoms with Crippen molar-refractivity contribution in [3.63, 3.8) is 0 Å². The minimum Gasteiger partial charge on any atom is -0.494 e. The number of aromatic nitrogens is 3. The van der Waals surface area contributed by atoms with Crippen molar-refractivity contribution in [1.82, 2.24) is 20.0 Å². The number of benzene rings is 1. The van der Waals surface area contributed by atoms with Crippen molar-refractivity contribution in [3.05, 3.63) is 47.5 Å². The van der Waals surface area contributed by atoms with Crippen molar-refractivity contribution < 1.29 is 14.4 Å². The molecule has 0 aliphatic heterocycles. The third-order valence-electron chi connectivity index (χ3n) is 6.86. The first-order chi connectivity index (χ1) is 17.5. The number of ether oxygens (including phenoxy) is 1. The highest BCUT2D eigenvalue weighted by atomic mass is 16.5. The Kier molecular flexibility index (Phi) is 9.30. The van der Waals surface area contributed by atoms with Crippen LogP contribution in [-0.2, 0) is 0 Å². The van der Waals surface area contributed by atoms with Crippen molar-refractivity contribution in [3.8, 4) is 17.0 Å².